The summed E-state index contributed by atoms with van der Waals surface area (Å²) in [4.78, 5) is 5.52. The Bertz CT molecular complexity index is 268. The maximum atomic E-state index is 9.59. The second-order valence-electron chi connectivity index (χ2n) is 3.56. The Morgan fingerprint density at radius 2 is 2.38 bits per heavy atom. The van der Waals surface area contributed by atoms with Gasteiger partial charge in [-0.25, -0.2) is 4.99 Å². The minimum Gasteiger partial charge on any atom is -0.384 e. The van der Waals surface area contributed by atoms with Crippen LogP contribution in [0.3, 0.4) is 0 Å². The number of aliphatic hydroxyl groups excluding tert-OH is 1. The van der Waals surface area contributed by atoms with Gasteiger partial charge in [-0.3, -0.25) is 0 Å². The summed E-state index contributed by atoms with van der Waals surface area (Å²) in [7, 11) is 3.27. The van der Waals surface area contributed by atoms with E-state index in [1.54, 1.807) is 31.4 Å². The summed E-state index contributed by atoms with van der Waals surface area (Å²) in [5, 5.41) is 9.59. The van der Waals surface area contributed by atoms with Crippen LogP contribution in [0.15, 0.2) is 17.3 Å². The Hall–Kier alpha value is -1.11. The fraction of sp³-hybridized carbons (Fsp3) is 0.700. The zero-order valence-corrected chi connectivity index (χ0v) is 9.67. The van der Waals surface area contributed by atoms with Crippen molar-refractivity contribution in [3.63, 3.8) is 0 Å². The maximum Gasteiger partial charge on any atom is 0.227 e. The second-order valence-corrected chi connectivity index (χ2v) is 3.56. The lowest BCUT2D eigenvalue weighted by atomic mass is 10.2. The highest BCUT2D eigenvalue weighted by molar-refractivity contribution is 5.91. The van der Waals surface area contributed by atoms with Gasteiger partial charge in [-0.2, -0.15) is 0 Å². The third kappa shape index (κ3) is 3.80. The van der Waals surface area contributed by atoms with Gasteiger partial charge in [0.05, 0.1) is 12.7 Å². The van der Waals surface area contributed by atoms with Crippen molar-refractivity contribution in [2.24, 2.45) is 10.7 Å². The van der Waals surface area contributed by atoms with Crippen molar-refractivity contribution in [3.05, 3.63) is 12.3 Å². The second kappa shape index (κ2) is 6.47. The van der Waals surface area contributed by atoms with Gasteiger partial charge in [0.25, 0.3) is 0 Å². The molecule has 0 amide bonds. The predicted molar refractivity (Wildman–Crippen MR) is 60.8 cm³/mol. The van der Waals surface area contributed by atoms with E-state index in [2.05, 4.69) is 4.99 Å². The third-order valence-corrected chi connectivity index (χ3v) is 2.39. The molecule has 1 rings (SSSR count). The molecule has 1 heterocycles. The Balaban J connectivity index is 2.35. The first-order valence-corrected chi connectivity index (χ1v) is 5.14. The molecule has 0 spiro atoms. The van der Waals surface area contributed by atoms with Crippen LogP contribution in [0, 0.1) is 0 Å². The molecule has 3 N–H and O–H groups in total. The van der Waals surface area contributed by atoms with Crippen molar-refractivity contribution in [2.75, 3.05) is 27.4 Å². The summed E-state index contributed by atoms with van der Waals surface area (Å²) in [6.07, 6.45) is 3.26. The summed E-state index contributed by atoms with van der Waals surface area (Å²) in [6, 6.07) is 0. The van der Waals surface area contributed by atoms with E-state index in [1.165, 1.54) is 0 Å². The first kappa shape index (κ1) is 13.0. The predicted octanol–water partition coefficient (Wildman–Crippen LogP) is -0.500. The Morgan fingerprint density at radius 1 is 1.62 bits per heavy atom. The van der Waals surface area contributed by atoms with E-state index < -0.39 is 6.35 Å². The number of methoxy groups -OCH3 is 2. The summed E-state index contributed by atoms with van der Waals surface area (Å²) in [6.45, 7) is 1.17. The molecule has 0 aromatic carbocycles. The minimum absolute atomic E-state index is 0.0221. The Labute approximate surface area is 95.3 Å². The average Bonchev–Trinajstić information content (AvgIpc) is 2.26. The highest BCUT2D eigenvalue weighted by Gasteiger charge is 2.16. The molecule has 0 saturated heterocycles. The number of amidine groups is 1. The smallest absolute Gasteiger partial charge is 0.227 e. The number of hydrogen-bond acceptors (Lipinski definition) is 6. The van der Waals surface area contributed by atoms with Gasteiger partial charge in [-0.15, -0.1) is 0 Å². The molecule has 0 aliphatic carbocycles. The van der Waals surface area contributed by atoms with Crippen LogP contribution in [-0.2, 0) is 9.47 Å². The normalized spacial score (nSPS) is 22.1. The van der Waals surface area contributed by atoms with E-state index in [0.717, 1.165) is 6.42 Å². The monoisotopic (exact) mass is 229 g/mol. The third-order valence-electron chi connectivity index (χ3n) is 2.39. The summed E-state index contributed by atoms with van der Waals surface area (Å²) in [5.41, 5.74) is 5.45. The number of rotatable bonds is 6. The molecule has 0 aromatic rings. The molecule has 92 valence electrons. The van der Waals surface area contributed by atoms with E-state index in [0.29, 0.717) is 19.0 Å². The van der Waals surface area contributed by atoms with Crippen molar-refractivity contribution in [1.82, 2.24) is 4.90 Å². The Kier molecular flexibility index (Phi) is 5.24. The van der Waals surface area contributed by atoms with Crippen LogP contribution in [0.1, 0.15) is 6.42 Å². The fourth-order valence-electron chi connectivity index (χ4n) is 1.44. The van der Waals surface area contributed by atoms with Crippen LogP contribution in [0.4, 0.5) is 0 Å². The van der Waals surface area contributed by atoms with E-state index in [-0.39, 0.29) is 6.10 Å². The van der Waals surface area contributed by atoms with E-state index in [1.807, 2.05) is 0 Å². The van der Waals surface area contributed by atoms with E-state index >= 15 is 0 Å². The molecule has 0 saturated carbocycles. The van der Waals surface area contributed by atoms with Gasteiger partial charge in [0, 0.05) is 27.0 Å². The molecule has 0 radical (unpaired) electrons. The molecule has 0 unspecified atom stereocenters. The highest BCUT2D eigenvalue weighted by atomic mass is 16.5. The van der Waals surface area contributed by atoms with Gasteiger partial charge in [0.15, 0.2) is 0 Å². The van der Waals surface area contributed by atoms with Crippen LogP contribution in [0.5, 0.6) is 0 Å². The van der Waals surface area contributed by atoms with E-state index in [4.69, 9.17) is 15.2 Å². The molecular formula is C10H19N3O3. The molecule has 6 heteroatoms. The number of hydrogen-bond donors (Lipinski definition) is 2. The molecule has 1 aliphatic rings. The summed E-state index contributed by atoms with van der Waals surface area (Å²) >= 11 is 0. The highest BCUT2D eigenvalue weighted by Crippen LogP contribution is 2.08. The molecule has 2 atom stereocenters. The fourth-order valence-corrected chi connectivity index (χ4v) is 1.44. The van der Waals surface area contributed by atoms with Crippen molar-refractivity contribution in [3.8, 4) is 0 Å². The SMILES string of the molecule is COC[C@H](CCN1C=CC(N)=N[C@H]1O)OC. The van der Waals surface area contributed by atoms with Crippen molar-refractivity contribution in [2.45, 2.75) is 18.9 Å². The first-order chi connectivity index (χ1) is 7.67. The van der Waals surface area contributed by atoms with Gasteiger partial charge in [0.2, 0.25) is 6.35 Å². The van der Waals surface area contributed by atoms with Crippen molar-refractivity contribution >= 4 is 5.84 Å². The van der Waals surface area contributed by atoms with E-state index in [9.17, 15) is 5.11 Å². The average molecular weight is 229 g/mol. The lowest BCUT2D eigenvalue weighted by molar-refractivity contribution is 0.0000858. The van der Waals surface area contributed by atoms with Crippen molar-refractivity contribution < 1.29 is 14.6 Å². The van der Waals surface area contributed by atoms with Gasteiger partial charge >= 0.3 is 0 Å². The number of aliphatic imine (C=N–C) groups is 1. The molecule has 0 aromatic heterocycles. The van der Waals surface area contributed by atoms with Gasteiger partial charge < -0.3 is 25.2 Å². The number of aliphatic hydroxyl groups is 1. The lowest BCUT2D eigenvalue weighted by Gasteiger charge is -2.27. The minimum atomic E-state index is -0.898. The molecule has 16 heavy (non-hydrogen) atoms. The Morgan fingerprint density at radius 3 is 2.94 bits per heavy atom. The van der Waals surface area contributed by atoms with Gasteiger partial charge in [0.1, 0.15) is 5.84 Å². The standard InChI is InChI=1S/C10H19N3O3/c1-15-7-8(16-2)3-5-13-6-4-9(11)12-10(13)14/h4,6,8,10,14H,3,5,7H2,1-2H3,(H2,11,12)/t8-,10+/m0/s1. The van der Waals surface area contributed by atoms with Crippen LogP contribution in [0.2, 0.25) is 0 Å². The summed E-state index contributed by atoms with van der Waals surface area (Å²) in [5.74, 6) is 0.337. The maximum absolute atomic E-state index is 9.59. The number of nitrogens with two attached hydrogens (primary N) is 1. The van der Waals surface area contributed by atoms with Crippen molar-refractivity contribution in [1.29, 1.82) is 0 Å². The topological polar surface area (TPSA) is 80.3 Å². The molecule has 0 fully saturated rings. The zero-order valence-electron chi connectivity index (χ0n) is 9.67. The molecule has 1 aliphatic heterocycles. The van der Waals surface area contributed by atoms with Crippen LogP contribution >= 0.6 is 0 Å². The van der Waals surface area contributed by atoms with Crippen LogP contribution in [-0.4, -0.2) is 55.7 Å². The van der Waals surface area contributed by atoms with Crippen LogP contribution < -0.4 is 5.73 Å². The van der Waals surface area contributed by atoms with Gasteiger partial charge in [-0.05, 0) is 12.5 Å². The molecule has 6 nitrogen and oxygen atoms in total. The zero-order chi connectivity index (χ0) is 12.0. The summed E-state index contributed by atoms with van der Waals surface area (Å²) < 4.78 is 10.2. The number of ether oxygens (including phenoxy) is 2. The first-order valence-electron chi connectivity index (χ1n) is 5.14. The molecule has 0 bridgehead atoms. The quantitative estimate of drug-likeness (QED) is 0.642. The van der Waals surface area contributed by atoms with Crippen LogP contribution in [0.25, 0.3) is 0 Å². The number of nitrogens with zero attached hydrogens (tertiary/aromatic N) is 2. The largest absolute Gasteiger partial charge is 0.384 e. The van der Waals surface area contributed by atoms with Gasteiger partial charge in [-0.1, -0.05) is 0 Å². The lowest BCUT2D eigenvalue weighted by Crippen LogP contribution is -2.36. The molecular weight excluding hydrogens is 210 g/mol.